The molecule has 0 aliphatic carbocycles. The number of rotatable bonds is 5. The van der Waals surface area contributed by atoms with Crippen molar-refractivity contribution in [1.82, 2.24) is 20.4 Å². The summed E-state index contributed by atoms with van der Waals surface area (Å²) in [5.74, 6) is 0.124. The largest absolute Gasteiger partial charge is 0.378 e. The van der Waals surface area contributed by atoms with E-state index in [1.807, 2.05) is 35.2 Å². The van der Waals surface area contributed by atoms with Crippen LogP contribution in [0.5, 0.6) is 0 Å². The normalized spacial score (nSPS) is 20.1. The Bertz CT molecular complexity index is 577. The van der Waals surface area contributed by atoms with Crippen LogP contribution in [0.2, 0.25) is 0 Å². The summed E-state index contributed by atoms with van der Waals surface area (Å²) >= 11 is 0. The third-order valence-electron chi connectivity index (χ3n) is 4.60. The van der Waals surface area contributed by atoms with Crippen LogP contribution in [0.15, 0.2) is 30.3 Å². The molecule has 27 heavy (non-hydrogen) atoms. The van der Waals surface area contributed by atoms with Gasteiger partial charge < -0.3 is 20.3 Å². The first-order chi connectivity index (χ1) is 12.2. The summed E-state index contributed by atoms with van der Waals surface area (Å²) in [6.45, 7) is 5.50. The van der Waals surface area contributed by atoms with Crippen molar-refractivity contribution in [3.63, 3.8) is 0 Å². The molecule has 1 unspecified atom stereocenters. The molecule has 3 rings (SSSR count). The van der Waals surface area contributed by atoms with Gasteiger partial charge in [-0.25, -0.2) is 0 Å². The molecule has 7 nitrogen and oxygen atoms in total. The number of carbonyl (C=O) groups is 2. The van der Waals surface area contributed by atoms with E-state index in [0.29, 0.717) is 39.4 Å². The van der Waals surface area contributed by atoms with Gasteiger partial charge in [0.25, 0.3) is 0 Å². The van der Waals surface area contributed by atoms with Crippen LogP contribution in [0.3, 0.4) is 0 Å². The van der Waals surface area contributed by atoms with Crippen LogP contribution < -0.4 is 10.6 Å². The fourth-order valence-electron chi connectivity index (χ4n) is 3.13. The maximum Gasteiger partial charge on any atom is 0.242 e. The fraction of sp³-hybridized carbons (Fsp3) is 0.556. The van der Waals surface area contributed by atoms with E-state index in [1.165, 1.54) is 0 Å². The lowest BCUT2D eigenvalue weighted by Gasteiger charge is -2.36. The first kappa shape index (κ1) is 23.7. The highest BCUT2D eigenvalue weighted by Crippen LogP contribution is 2.06. The van der Waals surface area contributed by atoms with Gasteiger partial charge in [-0.05, 0) is 5.56 Å². The van der Waals surface area contributed by atoms with Crippen molar-refractivity contribution in [2.75, 3.05) is 52.5 Å². The number of halogens is 2. The second-order valence-electron chi connectivity index (χ2n) is 6.45. The molecule has 1 aromatic carbocycles. The van der Waals surface area contributed by atoms with E-state index in [-0.39, 0.29) is 42.7 Å². The number of carbonyl (C=O) groups excluding carboxylic acids is 2. The third kappa shape index (κ3) is 7.27. The number of nitrogens with zero attached hydrogens (tertiary/aromatic N) is 2. The number of hydrogen-bond acceptors (Lipinski definition) is 5. The highest BCUT2D eigenvalue weighted by atomic mass is 35.5. The topological polar surface area (TPSA) is 73.9 Å². The van der Waals surface area contributed by atoms with Crippen molar-refractivity contribution in [3.05, 3.63) is 35.9 Å². The third-order valence-corrected chi connectivity index (χ3v) is 4.60. The Hall–Kier alpha value is -1.38. The van der Waals surface area contributed by atoms with Gasteiger partial charge in [-0.15, -0.1) is 24.8 Å². The fourth-order valence-corrected chi connectivity index (χ4v) is 3.13. The number of benzene rings is 1. The predicted octanol–water partition coefficient (Wildman–Crippen LogP) is 0.279. The van der Waals surface area contributed by atoms with E-state index >= 15 is 0 Å². The highest BCUT2D eigenvalue weighted by molar-refractivity contribution is 5.85. The molecule has 2 aliphatic heterocycles. The molecule has 0 spiro atoms. The molecule has 2 saturated heterocycles. The van der Waals surface area contributed by atoms with Crippen LogP contribution in [0, 0.1) is 0 Å². The summed E-state index contributed by atoms with van der Waals surface area (Å²) in [6, 6.07) is 9.64. The summed E-state index contributed by atoms with van der Waals surface area (Å²) in [5, 5.41) is 6.14. The van der Waals surface area contributed by atoms with Gasteiger partial charge in [0.1, 0.15) is 6.04 Å². The van der Waals surface area contributed by atoms with Crippen molar-refractivity contribution in [2.45, 2.75) is 12.6 Å². The highest BCUT2D eigenvalue weighted by Gasteiger charge is 2.29. The minimum atomic E-state index is -0.227. The molecule has 2 heterocycles. The number of morpholine rings is 1. The van der Waals surface area contributed by atoms with Crippen molar-refractivity contribution in [3.8, 4) is 0 Å². The van der Waals surface area contributed by atoms with E-state index in [4.69, 9.17) is 4.74 Å². The van der Waals surface area contributed by atoms with Gasteiger partial charge in [0, 0.05) is 39.3 Å². The van der Waals surface area contributed by atoms with Gasteiger partial charge in [-0.1, -0.05) is 30.3 Å². The molecule has 1 atom stereocenters. The lowest BCUT2D eigenvalue weighted by atomic mass is 10.2. The summed E-state index contributed by atoms with van der Waals surface area (Å²) in [7, 11) is 0. The summed E-state index contributed by atoms with van der Waals surface area (Å²) in [4.78, 5) is 28.5. The predicted molar refractivity (Wildman–Crippen MR) is 108 cm³/mol. The second kappa shape index (κ2) is 12.2. The van der Waals surface area contributed by atoms with Crippen molar-refractivity contribution in [1.29, 1.82) is 0 Å². The molecule has 1 aromatic rings. The van der Waals surface area contributed by atoms with Crippen molar-refractivity contribution < 1.29 is 14.3 Å². The SMILES string of the molecule is Cl.Cl.O=C(CN1CCN(C(=O)C2COCCN2)CC1)NCc1ccccc1. The molecule has 0 aromatic heterocycles. The van der Waals surface area contributed by atoms with E-state index in [0.717, 1.165) is 25.2 Å². The summed E-state index contributed by atoms with van der Waals surface area (Å²) in [5.41, 5.74) is 1.09. The Labute approximate surface area is 172 Å². The molecule has 2 amide bonds. The van der Waals surface area contributed by atoms with Crippen LogP contribution in [0.1, 0.15) is 5.56 Å². The minimum absolute atomic E-state index is 0. The van der Waals surface area contributed by atoms with Crippen LogP contribution in [-0.4, -0.2) is 80.1 Å². The molecule has 0 saturated carbocycles. The zero-order valence-corrected chi connectivity index (χ0v) is 16.9. The van der Waals surface area contributed by atoms with E-state index in [1.54, 1.807) is 0 Å². The molecule has 2 aliphatic rings. The Balaban J connectivity index is 0.00000182. The molecular formula is C18H28Cl2N4O3. The maximum atomic E-state index is 12.4. The molecule has 152 valence electrons. The zero-order chi connectivity index (χ0) is 17.5. The lowest BCUT2D eigenvalue weighted by molar-refractivity contribution is -0.138. The Morgan fingerprint density at radius 2 is 1.81 bits per heavy atom. The maximum absolute atomic E-state index is 12.4. The van der Waals surface area contributed by atoms with E-state index in [9.17, 15) is 9.59 Å². The number of piperazine rings is 1. The molecule has 9 heteroatoms. The molecular weight excluding hydrogens is 391 g/mol. The summed E-state index contributed by atoms with van der Waals surface area (Å²) < 4.78 is 5.36. The quantitative estimate of drug-likeness (QED) is 0.718. The monoisotopic (exact) mass is 418 g/mol. The van der Waals surface area contributed by atoms with Crippen LogP contribution >= 0.6 is 24.8 Å². The van der Waals surface area contributed by atoms with Gasteiger partial charge in [0.2, 0.25) is 11.8 Å². The first-order valence-electron chi connectivity index (χ1n) is 8.85. The Morgan fingerprint density at radius 1 is 1.11 bits per heavy atom. The average Bonchev–Trinajstić information content (AvgIpc) is 2.68. The number of amides is 2. The smallest absolute Gasteiger partial charge is 0.242 e. The standard InChI is InChI=1S/C18H26N4O3.2ClH/c23-17(20-12-15-4-2-1-3-5-15)13-21-7-9-22(10-8-21)18(24)16-14-25-11-6-19-16;;/h1-5,16,19H,6-14H2,(H,20,23);2*1H. The van der Waals surface area contributed by atoms with Gasteiger partial charge in [-0.3, -0.25) is 14.5 Å². The van der Waals surface area contributed by atoms with Crippen molar-refractivity contribution in [2.24, 2.45) is 0 Å². The van der Waals surface area contributed by atoms with Gasteiger partial charge in [0.05, 0.1) is 19.8 Å². The lowest BCUT2D eigenvalue weighted by Crippen LogP contribution is -2.57. The second-order valence-corrected chi connectivity index (χ2v) is 6.45. The average molecular weight is 419 g/mol. The minimum Gasteiger partial charge on any atom is -0.378 e. The van der Waals surface area contributed by atoms with Crippen LogP contribution in [-0.2, 0) is 20.9 Å². The Morgan fingerprint density at radius 3 is 2.44 bits per heavy atom. The number of ether oxygens (including phenoxy) is 1. The van der Waals surface area contributed by atoms with E-state index < -0.39 is 0 Å². The molecule has 0 bridgehead atoms. The van der Waals surface area contributed by atoms with Gasteiger partial charge >= 0.3 is 0 Å². The van der Waals surface area contributed by atoms with Crippen molar-refractivity contribution >= 4 is 36.6 Å². The van der Waals surface area contributed by atoms with E-state index in [2.05, 4.69) is 15.5 Å². The van der Waals surface area contributed by atoms with Gasteiger partial charge in [0.15, 0.2) is 0 Å². The first-order valence-corrected chi connectivity index (χ1v) is 8.85. The number of nitrogens with one attached hydrogen (secondary N) is 2. The number of hydrogen-bond donors (Lipinski definition) is 2. The molecule has 2 fully saturated rings. The molecule has 2 N–H and O–H groups in total. The van der Waals surface area contributed by atoms with Crippen LogP contribution in [0.25, 0.3) is 0 Å². The molecule has 0 radical (unpaired) electrons. The summed E-state index contributed by atoms with van der Waals surface area (Å²) in [6.07, 6.45) is 0. The Kier molecular flexibility index (Phi) is 10.6. The van der Waals surface area contributed by atoms with Gasteiger partial charge in [-0.2, -0.15) is 0 Å². The zero-order valence-electron chi connectivity index (χ0n) is 15.3. The van der Waals surface area contributed by atoms with Crippen LogP contribution in [0.4, 0.5) is 0 Å².